The second kappa shape index (κ2) is 8.84. The van der Waals surface area contributed by atoms with Crippen molar-refractivity contribution < 1.29 is 4.79 Å². The van der Waals surface area contributed by atoms with Crippen LogP contribution in [0.25, 0.3) is 0 Å². The minimum Gasteiger partial charge on any atom is -0.368 e. The van der Waals surface area contributed by atoms with Crippen LogP contribution in [0, 0.1) is 6.92 Å². The van der Waals surface area contributed by atoms with Gasteiger partial charge in [-0.15, -0.1) is 11.3 Å². The van der Waals surface area contributed by atoms with E-state index in [2.05, 4.69) is 38.3 Å². The van der Waals surface area contributed by atoms with Crippen molar-refractivity contribution in [1.82, 2.24) is 10.3 Å². The quantitative estimate of drug-likeness (QED) is 0.658. The molecule has 3 aromatic rings. The number of aryl methyl sites for hydroxylation is 1. The number of amides is 1. The molecule has 1 aliphatic heterocycles. The fraction of sp³-hybridized carbons (Fsp3) is 0.273. The van der Waals surface area contributed by atoms with Crippen molar-refractivity contribution in [2.24, 2.45) is 0 Å². The van der Waals surface area contributed by atoms with Gasteiger partial charge in [0, 0.05) is 48.8 Å². The number of carbonyl (C=O) groups excluding carboxylic acids is 1. The number of halogens is 1. The number of nitrogens with zero attached hydrogens (tertiary/aromatic N) is 3. The predicted molar refractivity (Wildman–Crippen MR) is 120 cm³/mol. The summed E-state index contributed by atoms with van der Waals surface area (Å²) in [6.07, 6.45) is 0. The standard InChI is InChI=1S/C22H23ClN4OS/c1-16-3-2-4-17(13-16)14-24-21(28)20-15-29-22(25-20)27-11-9-26(10-12-27)19-7-5-18(23)6-8-19/h2-8,13,15H,9-12,14H2,1H3,(H,24,28). The largest absolute Gasteiger partial charge is 0.368 e. The lowest BCUT2D eigenvalue weighted by Crippen LogP contribution is -2.46. The summed E-state index contributed by atoms with van der Waals surface area (Å²) in [5.41, 5.74) is 3.94. The zero-order chi connectivity index (χ0) is 20.2. The lowest BCUT2D eigenvalue weighted by Gasteiger charge is -2.36. The third-order valence-corrected chi connectivity index (χ3v) is 6.16. The highest BCUT2D eigenvalue weighted by atomic mass is 35.5. The highest BCUT2D eigenvalue weighted by molar-refractivity contribution is 7.13. The van der Waals surface area contributed by atoms with E-state index in [4.69, 9.17) is 11.6 Å². The molecular weight excluding hydrogens is 404 g/mol. The molecule has 1 aromatic heterocycles. The van der Waals surface area contributed by atoms with Crippen LogP contribution in [0.2, 0.25) is 5.02 Å². The van der Waals surface area contributed by atoms with Gasteiger partial charge >= 0.3 is 0 Å². The molecule has 1 fully saturated rings. The van der Waals surface area contributed by atoms with Gasteiger partial charge in [-0.2, -0.15) is 0 Å². The van der Waals surface area contributed by atoms with Gasteiger partial charge in [0.15, 0.2) is 5.13 Å². The van der Waals surface area contributed by atoms with E-state index in [1.54, 1.807) is 0 Å². The second-order valence-electron chi connectivity index (χ2n) is 7.14. The molecule has 0 aliphatic carbocycles. The molecule has 1 N–H and O–H groups in total. The number of benzene rings is 2. The summed E-state index contributed by atoms with van der Waals surface area (Å²) < 4.78 is 0. The fourth-order valence-electron chi connectivity index (χ4n) is 3.42. The summed E-state index contributed by atoms with van der Waals surface area (Å²) >= 11 is 7.50. The number of anilines is 2. The summed E-state index contributed by atoms with van der Waals surface area (Å²) in [6, 6.07) is 16.1. The lowest BCUT2D eigenvalue weighted by molar-refractivity contribution is 0.0946. The Balaban J connectivity index is 1.32. The van der Waals surface area contributed by atoms with Crippen LogP contribution >= 0.6 is 22.9 Å². The molecule has 150 valence electrons. The third kappa shape index (κ3) is 4.89. The van der Waals surface area contributed by atoms with Gasteiger partial charge in [0.1, 0.15) is 5.69 Å². The van der Waals surface area contributed by atoms with Crippen LogP contribution in [0.4, 0.5) is 10.8 Å². The number of hydrogen-bond acceptors (Lipinski definition) is 5. The average molecular weight is 427 g/mol. The van der Waals surface area contributed by atoms with Crippen LogP contribution in [-0.2, 0) is 6.54 Å². The van der Waals surface area contributed by atoms with Gasteiger partial charge in [-0.3, -0.25) is 4.79 Å². The molecule has 1 aliphatic rings. The van der Waals surface area contributed by atoms with E-state index in [9.17, 15) is 4.79 Å². The first kappa shape index (κ1) is 19.7. The summed E-state index contributed by atoms with van der Waals surface area (Å²) in [6.45, 7) is 6.13. The van der Waals surface area contributed by atoms with Crippen LogP contribution in [-0.4, -0.2) is 37.1 Å². The maximum atomic E-state index is 12.5. The van der Waals surface area contributed by atoms with E-state index < -0.39 is 0 Å². The molecule has 0 bridgehead atoms. The Morgan fingerprint density at radius 1 is 1.10 bits per heavy atom. The van der Waals surface area contributed by atoms with Crippen molar-refractivity contribution in [3.63, 3.8) is 0 Å². The maximum absolute atomic E-state index is 12.5. The van der Waals surface area contributed by atoms with Crippen molar-refractivity contribution in [1.29, 1.82) is 0 Å². The summed E-state index contributed by atoms with van der Waals surface area (Å²) in [5, 5.41) is 6.46. The summed E-state index contributed by atoms with van der Waals surface area (Å²) in [4.78, 5) is 21.6. The van der Waals surface area contributed by atoms with Gasteiger partial charge in [-0.1, -0.05) is 41.4 Å². The third-order valence-electron chi connectivity index (χ3n) is 5.00. The van der Waals surface area contributed by atoms with Gasteiger partial charge in [0.25, 0.3) is 5.91 Å². The van der Waals surface area contributed by atoms with Gasteiger partial charge in [0.05, 0.1) is 0 Å². The van der Waals surface area contributed by atoms with Gasteiger partial charge in [-0.25, -0.2) is 4.98 Å². The summed E-state index contributed by atoms with van der Waals surface area (Å²) in [7, 11) is 0. The molecule has 4 rings (SSSR count). The monoisotopic (exact) mass is 426 g/mol. The Morgan fingerprint density at radius 2 is 1.83 bits per heavy atom. The zero-order valence-corrected chi connectivity index (χ0v) is 17.8. The van der Waals surface area contributed by atoms with E-state index in [0.29, 0.717) is 12.2 Å². The van der Waals surface area contributed by atoms with E-state index in [0.717, 1.165) is 41.9 Å². The molecule has 0 saturated carbocycles. The van der Waals surface area contributed by atoms with Crippen molar-refractivity contribution in [2.45, 2.75) is 13.5 Å². The maximum Gasteiger partial charge on any atom is 0.271 e. The Bertz CT molecular complexity index is 980. The Labute approximate surface area is 179 Å². The normalized spacial score (nSPS) is 14.1. The molecule has 2 aromatic carbocycles. The number of aromatic nitrogens is 1. The van der Waals surface area contributed by atoms with Crippen molar-refractivity contribution in [3.05, 3.63) is 75.8 Å². The SMILES string of the molecule is Cc1cccc(CNC(=O)c2csc(N3CCN(c4ccc(Cl)cc4)CC3)n2)c1. The topological polar surface area (TPSA) is 48.5 Å². The first-order valence-electron chi connectivity index (χ1n) is 9.63. The van der Waals surface area contributed by atoms with Crippen LogP contribution < -0.4 is 15.1 Å². The van der Waals surface area contributed by atoms with Gasteiger partial charge in [-0.05, 0) is 36.8 Å². The number of rotatable bonds is 5. The second-order valence-corrected chi connectivity index (χ2v) is 8.41. The lowest BCUT2D eigenvalue weighted by atomic mass is 10.1. The molecule has 29 heavy (non-hydrogen) atoms. The Hall–Kier alpha value is -2.57. The molecule has 1 saturated heterocycles. The minimum absolute atomic E-state index is 0.131. The fourth-order valence-corrected chi connectivity index (χ4v) is 4.40. The van der Waals surface area contributed by atoms with E-state index >= 15 is 0 Å². The molecular formula is C22H23ClN4OS. The first-order valence-corrected chi connectivity index (χ1v) is 10.9. The van der Waals surface area contributed by atoms with Crippen molar-refractivity contribution in [3.8, 4) is 0 Å². The molecule has 0 unspecified atom stereocenters. The number of nitrogens with one attached hydrogen (secondary N) is 1. The zero-order valence-electron chi connectivity index (χ0n) is 16.3. The van der Waals surface area contributed by atoms with E-state index in [1.165, 1.54) is 22.6 Å². The van der Waals surface area contributed by atoms with Crippen LogP contribution in [0.3, 0.4) is 0 Å². The number of thiazole rings is 1. The molecule has 0 spiro atoms. The van der Waals surface area contributed by atoms with Gasteiger partial charge < -0.3 is 15.1 Å². The van der Waals surface area contributed by atoms with Crippen molar-refractivity contribution >= 4 is 39.7 Å². The molecule has 2 heterocycles. The molecule has 5 nitrogen and oxygen atoms in total. The molecule has 0 atom stereocenters. The van der Waals surface area contributed by atoms with Crippen LogP contribution in [0.1, 0.15) is 21.6 Å². The number of hydrogen-bond donors (Lipinski definition) is 1. The van der Waals surface area contributed by atoms with Crippen molar-refractivity contribution in [2.75, 3.05) is 36.0 Å². The first-order chi connectivity index (χ1) is 14.1. The Morgan fingerprint density at radius 3 is 2.55 bits per heavy atom. The van der Waals surface area contributed by atoms with Crippen LogP contribution in [0.15, 0.2) is 53.9 Å². The highest BCUT2D eigenvalue weighted by Gasteiger charge is 2.21. The molecule has 7 heteroatoms. The predicted octanol–water partition coefficient (Wildman–Crippen LogP) is 4.36. The van der Waals surface area contributed by atoms with E-state index in [-0.39, 0.29) is 5.91 Å². The van der Waals surface area contributed by atoms with E-state index in [1.807, 2.05) is 42.6 Å². The molecule has 1 amide bonds. The average Bonchev–Trinajstić information content (AvgIpc) is 3.23. The van der Waals surface area contributed by atoms with Gasteiger partial charge in [0.2, 0.25) is 0 Å². The van der Waals surface area contributed by atoms with Crippen LogP contribution in [0.5, 0.6) is 0 Å². The molecule has 0 radical (unpaired) electrons. The smallest absolute Gasteiger partial charge is 0.271 e. The minimum atomic E-state index is -0.131. The number of piperazine rings is 1. The number of carbonyl (C=O) groups is 1. The summed E-state index contributed by atoms with van der Waals surface area (Å²) in [5.74, 6) is -0.131. The highest BCUT2D eigenvalue weighted by Crippen LogP contribution is 2.24. The Kier molecular flexibility index (Phi) is 6.02.